The van der Waals surface area contributed by atoms with Crippen LogP contribution < -0.4 is 4.74 Å². The Kier molecular flexibility index (Phi) is 4.01. The summed E-state index contributed by atoms with van der Waals surface area (Å²) in [5.74, 6) is 1.83. The number of hydrogen-bond donors (Lipinski definition) is 0. The Morgan fingerprint density at radius 3 is 2.71 bits per heavy atom. The van der Waals surface area contributed by atoms with Gasteiger partial charge >= 0.3 is 0 Å². The topological polar surface area (TPSA) is 22.4 Å². The number of halogens is 1. The molecule has 1 aliphatic carbocycles. The summed E-state index contributed by atoms with van der Waals surface area (Å²) in [5.41, 5.74) is 2.14. The van der Waals surface area contributed by atoms with E-state index in [1.165, 1.54) is 31.7 Å². The standard InChI is InChI=1S/C21H21FO2/c1-14-6-8-18(19(22)10-14)21-12-16-11-17(7-9-20(16)24-21)23-13-15-4-2-3-5-15/h6-12,15H,2-5,13H2,1H3. The van der Waals surface area contributed by atoms with E-state index in [4.69, 9.17) is 9.15 Å². The van der Waals surface area contributed by atoms with Crippen molar-refractivity contribution in [1.82, 2.24) is 0 Å². The van der Waals surface area contributed by atoms with Gasteiger partial charge in [0.05, 0.1) is 12.2 Å². The van der Waals surface area contributed by atoms with E-state index in [0.717, 1.165) is 28.9 Å². The highest BCUT2D eigenvalue weighted by molar-refractivity contribution is 5.84. The Morgan fingerprint density at radius 1 is 1.08 bits per heavy atom. The molecule has 0 amide bonds. The summed E-state index contributed by atoms with van der Waals surface area (Å²) in [6.07, 6.45) is 5.18. The van der Waals surface area contributed by atoms with E-state index in [1.807, 2.05) is 37.3 Å². The van der Waals surface area contributed by atoms with Gasteiger partial charge in [-0.2, -0.15) is 0 Å². The number of hydrogen-bond acceptors (Lipinski definition) is 2. The Labute approximate surface area is 141 Å². The fourth-order valence-electron chi connectivity index (χ4n) is 3.46. The predicted octanol–water partition coefficient (Wildman–Crippen LogP) is 6.12. The van der Waals surface area contributed by atoms with Gasteiger partial charge in [0.2, 0.25) is 0 Å². The molecule has 4 rings (SSSR count). The summed E-state index contributed by atoms with van der Waals surface area (Å²) < 4.78 is 25.9. The van der Waals surface area contributed by atoms with Crippen LogP contribution in [0.3, 0.4) is 0 Å². The number of ether oxygens (including phenoxy) is 1. The maximum atomic E-state index is 14.2. The van der Waals surface area contributed by atoms with Crippen molar-refractivity contribution in [3.63, 3.8) is 0 Å². The lowest BCUT2D eigenvalue weighted by atomic mass is 10.1. The SMILES string of the molecule is Cc1ccc(-c2cc3cc(OCC4CCCC4)ccc3o2)c(F)c1. The number of rotatable bonds is 4. The summed E-state index contributed by atoms with van der Waals surface area (Å²) in [6, 6.07) is 12.9. The van der Waals surface area contributed by atoms with Crippen LogP contribution in [0.4, 0.5) is 4.39 Å². The molecule has 0 N–H and O–H groups in total. The van der Waals surface area contributed by atoms with E-state index in [1.54, 1.807) is 6.07 Å². The van der Waals surface area contributed by atoms with E-state index in [9.17, 15) is 4.39 Å². The number of fused-ring (bicyclic) bond motifs is 1. The normalized spacial score (nSPS) is 15.2. The second kappa shape index (κ2) is 6.31. The highest BCUT2D eigenvalue weighted by Crippen LogP contribution is 2.32. The summed E-state index contributed by atoms with van der Waals surface area (Å²) in [5, 5.41) is 0.939. The monoisotopic (exact) mass is 324 g/mol. The van der Waals surface area contributed by atoms with Crippen molar-refractivity contribution in [1.29, 1.82) is 0 Å². The van der Waals surface area contributed by atoms with Crippen molar-refractivity contribution < 1.29 is 13.5 Å². The molecular formula is C21H21FO2. The van der Waals surface area contributed by atoms with Crippen LogP contribution in [0, 0.1) is 18.7 Å². The molecule has 1 fully saturated rings. The molecule has 1 aliphatic rings. The average Bonchev–Trinajstić information content (AvgIpc) is 3.21. The molecule has 0 bridgehead atoms. The van der Waals surface area contributed by atoms with Crippen molar-refractivity contribution in [2.45, 2.75) is 32.6 Å². The molecule has 0 radical (unpaired) electrons. The summed E-state index contributed by atoms with van der Waals surface area (Å²) in [6.45, 7) is 2.66. The first-order valence-corrected chi connectivity index (χ1v) is 8.62. The highest BCUT2D eigenvalue weighted by Gasteiger charge is 2.16. The average molecular weight is 324 g/mol. The van der Waals surface area contributed by atoms with E-state index in [0.29, 0.717) is 17.2 Å². The second-order valence-electron chi connectivity index (χ2n) is 6.76. The predicted molar refractivity (Wildman–Crippen MR) is 93.8 cm³/mol. The molecule has 0 saturated heterocycles. The third kappa shape index (κ3) is 3.03. The first-order chi connectivity index (χ1) is 11.7. The van der Waals surface area contributed by atoms with Gasteiger partial charge in [-0.15, -0.1) is 0 Å². The van der Waals surface area contributed by atoms with Gasteiger partial charge in [0, 0.05) is 5.39 Å². The third-order valence-corrected chi connectivity index (χ3v) is 4.84. The van der Waals surface area contributed by atoms with Crippen LogP contribution in [0.2, 0.25) is 0 Å². The zero-order chi connectivity index (χ0) is 16.5. The van der Waals surface area contributed by atoms with Crippen LogP contribution in [0.5, 0.6) is 5.75 Å². The molecule has 3 heteroatoms. The van der Waals surface area contributed by atoms with Crippen LogP contribution in [0.25, 0.3) is 22.3 Å². The fraction of sp³-hybridized carbons (Fsp3) is 0.333. The van der Waals surface area contributed by atoms with Crippen LogP contribution in [-0.4, -0.2) is 6.61 Å². The van der Waals surface area contributed by atoms with E-state index < -0.39 is 0 Å². The molecular weight excluding hydrogens is 303 g/mol. The van der Waals surface area contributed by atoms with Crippen LogP contribution in [0.15, 0.2) is 46.9 Å². The van der Waals surface area contributed by atoms with Crippen LogP contribution in [0.1, 0.15) is 31.2 Å². The van der Waals surface area contributed by atoms with Crippen molar-refractivity contribution in [2.24, 2.45) is 5.92 Å². The molecule has 0 atom stereocenters. The molecule has 124 valence electrons. The quantitative estimate of drug-likeness (QED) is 0.577. The van der Waals surface area contributed by atoms with Crippen molar-refractivity contribution in [3.05, 3.63) is 53.8 Å². The Balaban J connectivity index is 1.58. The van der Waals surface area contributed by atoms with Crippen LogP contribution in [-0.2, 0) is 0 Å². The molecule has 0 aliphatic heterocycles. The summed E-state index contributed by atoms with van der Waals surface area (Å²) in [7, 11) is 0. The maximum Gasteiger partial charge on any atom is 0.138 e. The molecule has 1 heterocycles. The molecule has 1 saturated carbocycles. The van der Waals surface area contributed by atoms with Gasteiger partial charge in [0.1, 0.15) is 22.9 Å². The van der Waals surface area contributed by atoms with Crippen molar-refractivity contribution in [2.75, 3.05) is 6.61 Å². The number of benzene rings is 2. The smallest absolute Gasteiger partial charge is 0.138 e. The van der Waals surface area contributed by atoms with Gasteiger partial charge in [0.25, 0.3) is 0 Å². The molecule has 0 spiro atoms. The zero-order valence-corrected chi connectivity index (χ0v) is 13.8. The molecule has 2 aromatic carbocycles. The highest BCUT2D eigenvalue weighted by atomic mass is 19.1. The lowest BCUT2D eigenvalue weighted by Crippen LogP contribution is -2.07. The Hall–Kier alpha value is -2.29. The fourth-order valence-corrected chi connectivity index (χ4v) is 3.46. The van der Waals surface area contributed by atoms with Gasteiger partial charge in [-0.1, -0.05) is 18.9 Å². The molecule has 2 nitrogen and oxygen atoms in total. The minimum absolute atomic E-state index is 0.258. The van der Waals surface area contributed by atoms with Crippen molar-refractivity contribution >= 4 is 11.0 Å². The largest absolute Gasteiger partial charge is 0.493 e. The summed E-state index contributed by atoms with van der Waals surface area (Å²) >= 11 is 0. The molecule has 0 unspecified atom stereocenters. The van der Waals surface area contributed by atoms with Gasteiger partial charge < -0.3 is 9.15 Å². The van der Waals surface area contributed by atoms with E-state index in [2.05, 4.69) is 0 Å². The third-order valence-electron chi connectivity index (χ3n) is 4.84. The minimum Gasteiger partial charge on any atom is -0.493 e. The number of aryl methyl sites for hydroxylation is 1. The van der Waals surface area contributed by atoms with E-state index >= 15 is 0 Å². The zero-order valence-electron chi connectivity index (χ0n) is 13.8. The summed E-state index contributed by atoms with van der Waals surface area (Å²) in [4.78, 5) is 0. The Bertz CT molecular complexity index is 859. The Morgan fingerprint density at radius 2 is 1.92 bits per heavy atom. The van der Waals surface area contributed by atoms with Gasteiger partial charge in [-0.25, -0.2) is 4.39 Å². The first kappa shape index (κ1) is 15.3. The lowest BCUT2D eigenvalue weighted by Gasteiger charge is -2.11. The number of furan rings is 1. The maximum absolute atomic E-state index is 14.2. The molecule has 1 aromatic heterocycles. The molecule has 3 aromatic rings. The van der Waals surface area contributed by atoms with E-state index in [-0.39, 0.29) is 5.82 Å². The van der Waals surface area contributed by atoms with Crippen molar-refractivity contribution in [3.8, 4) is 17.1 Å². The minimum atomic E-state index is -0.258. The van der Waals surface area contributed by atoms with Gasteiger partial charge in [-0.3, -0.25) is 0 Å². The molecule has 24 heavy (non-hydrogen) atoms. The van der Waals surface area contributed by atoms with Crippen LogP contribution >= 0.6 is 0 Å². The van der Waals surface area contributed by atoms with Gasteiger partial charge in [0.15, 0.2) is 0 Å². The lowest BCUT2D eigenvalue weighted by molar-refractivity contribution is 0.252. The van der Waals surface area contributed by atoms with Gasteiger partial charge in [-0.05, 0) is 67.6 Å². The second-order valence-corrected chi connectivity index (χ2v) is 6.76. The first-order valence-electron chi connectivity index (χ1n) is 8.62.